The first-order valence-corrected chi connectivity index (χ1v) is 52.9. The number of carbonyl (C=O) groups is 4. The van der Waals surface area contributed by atoms with Crippen molar-refractivity contribution in [1.82, 2.24) is 0 Å². The SMILES string of the molecule is CCC/C=C/CCCCCCCCCCCCCCCCCOC(=O)c1ccc(S(=O)(=O)[O-])cc1C(=O)OCCCCCCCCCCCCCCCCC/C=C/CCC.CCC/C=C/CCCCCCCCCCCCCCCCCOC(=O)c1ccc(S(=O)(=O)[O-])cc1C(=O)OCCCCCCCCCCCCCCCCC/C=C/CCC.[Ca+2]. The van der Waals surface area contributed by atoms with Crippen molar-refractivity contribution in [2.45, 2.75) is 500 Å². The normalized spacial score (nSPS) is 11.8. The predicted molar refractivity (Wildman–Crippen MR) is 507 cm³/mol. The van der Waals surface area contributed by atoms with Crippen molar-refractivity contribution >= 4 is 81.9 Å². The van der Waals surface area contributed by atoms with Gasteiger partial charge < -0.3 is 28.1 Å². The molecule has 0 spiro atoms. The average Bonchev–Trinajstić information content (AvgIpc) is 0.813. The summed E-state index contributed by atoms with van der Waals surface area (Å²) in [5, 5.41) is 0. The Morgan fingerprint density at radius 3 is 0.521 bits per heavy atom. The van der Waals surface area contributed by atoms with Crippen LogP contribution in [-0.4, -0.2) is 114 Å². The van der Waals surface area contributed by atoms with Crippen molar-refractivity contribution in [1.29, 1.82) is 0 Å². The molecule has 2 aromatic rings. The van der Waals surface area contributed by atoms with Crippen LogP contribution < -0.4 is 0 Å². The molecule has 0 aliphatic carbocycles. The molecule has 0 N–H and O–H groups in total. The van der Waals surface area contributed by atoms with E-state index in [4.69, 9.17) is 18.9 Å². The van der Waals surface area contributed by atoms with Crippen LogP contribution in [0.1, 0.15) is 531 Å². The van der Waals surface area contributed by atoms with Gasteiger partial charge in [-0.15, -0.1) is 0 Å². The monoisotopic (exact) mass is 1760 g/mol. The summed E-state index contributed by atoms with van der Waals surface area (Å²) < 4.78 is 91.9. The number of benzene rings is 2. The summed E-state index contributed by atoms with van der Waals surface area (Å²) in [6, 6.07) is 6.32. The van der Waals surface area contributed by atoms with E-state index in [0.717, 1.165) is 88.5 Å². The molecule has 0 amide bonds. The van der Waals surface area contributed by atoms with Crippen molar-refractivity contribution in [2.24, 2.45) is 0 Å². The molecule has 0 saturated heterocycles. The van der Waals surface area contributed by atoms with Crippen LogP contribution in [0.15, 0.2) is 94.8 Å². The Labute approximate surface area is 773 Å². The van der Waals surface area contributed by atoms with Gasteiger partial charge in [0.15, 0.2) is 0 Å². The van der Waals surface area contributed by atoms with Gasteiger partial charge in [0.05, 0.1) is 58.5 Å². The molecule has 14 nitrogen and oxygen atoms in total. The second-order valence-corrected chi connectivity index (χ2v) is 37.0. The molecule has 0 aromatic heterocycles. The van der Waals surface area contributed by atoms with Gasteiger partial charge in [0.1, 0.15) is 20.2 Å². The summed E-state index contributed by atoms with van der Waals surface area (Å²) >= 11 is 0. The smallest absolute Gasteiger partial charge is 0.744 e. The van der Waals surface area contributed by atoms with E-state index in [-0.39, 0.29) is 86.4 Å². The van der Waals surface area contributed by atoms with E-state index in [0.29, 0.717) is 25.7 Å². The zero-order valence-corrected chi connectivity index (χ0v) is 81.9. The molecule has 0 bridgehead atoms. The Hall–Kier alpha value is -3.64. The van der Waals surface area contributed by atoms with Crippen molar-refractivity contribution in [2.75, 3.05) is 26.4 Å². The third-order valence-corrected chi connectivity index (χ3v) is 24.6. The molecule has 692 valence electrons. The van der Waals surface area contributed by atoms with Crippen LogP contribution in [0.25, 0.3) is 0 Å². The predicted octanol–water partition coefficient (Wildman–Crippen LogP) is 31.8. The summed E-state index contributed by atoms with van der Waals surface area (Å²) in [6.45, 7) is 9.64. The first-order chi connectivity index (χ1) is 58.6. The quantitative estimate of drug-likeness (QED) is 0.0150. The molecular formula is C104H178CaO14S2. The van der Waals surface area contributed by atoms with E-state index in [1.54, 1.807) is 0 Å². The van der Waals surface area contributed by atoms with Crippen LogP contribution in [0, 0.1) is 0 Å². The molecule has 0 aliphatic heterocycles. The zero-order chi connectivity index (χ0) is 87.2. The van der Waals surface area contributed by atoms with Gasteiger partial charge in [-0.2, -0.15) is 0 Å². The van der Waals surface area contributed by atoms with Crippen LogP contribution in [0.3, 0.4) is 0 Å². The molecule has 17 heteroatoms. The summed E-state index contributed by atoms with van der Waals surface area (Å²) in [5.41, 5.74) is -0.660. The molecule has 0 radical (unpaired) electrons. The van der Waals surface area contributed by atoms with E-state index < -0.39 is 53.9 Å². The largest absolute Gasteiger partial charge is 2.00 e. The Balaban J connectivity index is 0.00000236. The summed E-state index contributed by atoms with van der Waals surface area (Å²) in [5.74, 6) is -3.08. The van der Waals surface area contributed by atoms with Crippen LogP contribution >= 0.6 is 0 Å². The van der Waals surface area contributed by atoms with Crippen molar-refractivity contribution in [3.8, 4) is 0 Å². The van der Waals surface area contributed by atoms with E-state index >= 15 is 0 Å². The number of hydrogen-bond donors (Lipinski definition) is 0. The molecule has 0 saturated carbocycles. The molecule has 2 rings (SSSR count). The summed E-state index contributed by atoms with van der Waals surface area (Å²) in [7, 11) is -9.64. The van der Waals surface area contributed by atoms with E-state index in [2.05, 4.69) is 76.3 Å². The minimum Gasteiger partial charge on any atom is -0.744 e. The van der Waals surface area contributed by atoms with Gasteiger partial charge in [0, 0.05) is 0 Å². The molecule has 121 heavy (non-hydrogen) atoms. The average molecular weight is 1760 g/mol. The number of hydrogen-bond acceptors (Lipinski definition) is 14. The fourth-order valence-electron chi connectivity index (χ4n) is 15.3. The number of ether oxygens (including phenoxy) is 4. The number of unbranched alkanes of at least 4 members (excludes halogenated alkanes) is 64. The van der Waals surface area contributed by atoms with Crippen molar-refractivity contribution in [3.05, 3.63) is 107 Å². The molecule has 0 unspecified atom stereocenters. The van der Waals surface area contributed by atoms with Gasteiger partial charge >= 0.3 is 61.6 Å². The van der Waals surface area contributed by atoms with Gasteiger partial charge in [-0.3, -0.25) is 0 Å². The van der Waals surface area contributed by atoms with Crippen LogP contribution in [0.2, 0.25) is 0 Å². The van der Waals surface area contributed by atoms with Crippen LogP contribution in [0.4, 0.5) is 0 Å². The topological polar surface area (TPSA) is 220 Å². The molecular weight excluding hydrogens is 1580 g/mol. The number of carbonyl (C=O) groups excluding carboxylic acids is 4. The molecule has 0 atom stereocenters. The number of esters is 4. The fourth-order valence-corrected chi connectivity index (χ4v) is 16.3. The minimum absolute atomic E-state index is 0. The maximum atomic E-state index is 13.0. The van der Waals surface area contributed by atoms with Crippen LogP contribution in [-0.2, 0) is 39.2 Å². The Bertz CT molecular complexity index is 2880. The maximum Gasteiger partial charge on any atom is 2.00 e. The third-order valence-electron chi connectivity index (χ3n) is 22.9. The first kappa shape index (κ1) is 117. The third kappa shape index (κ3) is 75.1. The van der Waals surface area contributed by atoms with Gasteiger partial charge in [-0.1, -0.05) is 436 Å². The van der Waals surface area contributed by atoms with Crippen molar-refractivity contribution in [3.63, 3.8) is 0 Å². The van der Waals surface area contributed by atoms with Gasteiger partial charge in [-0.05, 0) is 139 Å². The fraction of sp³-hybridized carbons (Fsp3) is 0.769. The molecule has 0 heterocycles. The van der Waals surface area contributed by atoms with E-state index in [9.17, 15) is 45.1 Å². The number of allylic oxidation sites excluding steroid dienone is 8. The number of rotatable bonds is 86. The van der Waals surface area contributed by atoms with Gasteiger partial charge in [-0.25, -0.2) is 36.0 Å². The Kier molecular flexibility index (Phi) is 85.7. The Morgan fingerprint density at radius 2 is 0.364 bits per heavy atom. The zero-order valence-electron chi connectivity index (χ0n) is 78.1. The Morgan fingerprint density at radius 1 is 0.223 bits per heavy atom. The second kappa shape index (κ2) is 88.4. The van der Waals surface area contributed by atoms with Crippen molar-refractivity contribution < 1.29 is 64.1 Å². The summed E-state index contributed by atoms with van der Waals surface area (Å²) in [6.07, 6.45) is 107. The molecule has 0 fully saturated rings. The standard InChI is InChI=1S/2C52H90O7S.Ca/c2*1-3-5-7-9-11-13-15-17-19-21-23-25-27-29-31-33-35-37-39-41-45-58-51(53)49-44-43-48(60(55,56)57)47-50(49)52(54)59-46-42-40-38-36-34-32-30-28-26-24-22-20-18-16-14-12-10-8-6-4-2;/h2*7-10,43-44,47H,3-6,11-42,45-46H2,1-2H3,(H,55,56,57);/q;;+2/p-2/b2*9-7+,10-8+;. The molecule has 2 aromatic carbocycles. The summed E-state index contributed by atoms with van der Waals surface area (Å²) in [4.78, 5) is 50.7. The van der Waals surface area contributed by atoms with Crippen LogP contribution in [0.5, 0.6) is 0 Å². The van der Waals surface area contributed by atoms with Gasteiger partial charge in [0.25, 0.3) is 0 Å². The van der Waals surface area contributed by atoms with E-state index in [1.165, 1.54) is 385 Å². The maximum absolute atomic E-state index is 13.0. The first-order valence-electron chi connectivity index (χ1n) is 50.1. The minimum atomic E-state index is -4.82. The van der Waals surface area contributed by atoms with Gasteiger partial charge in [0.2, 0.25) is 0 Å². The van der Waals surface area contributed by atoms with E-state index in [1.807, 2.05) is 0 Å². The second-order valence-electron chi connectivity index (χ2n) is 34.3. The molecule has 0 aliphatic rings.